The van der Waals surface area contributed by atoms with Crippen molar-refractivity contribution in [2.45, 2.75) is 0 Å². The van der Waals surface area contributed by atoms with Gasteiger partial charge in [-0.2, -0.15) is 0 Å². The van der Waals surface area contributed by atoms with Crippen molar-refractivity contribution in [3.05, 3.63) is 131 Å². The Labute approximate surface area is 190 Å². The molecule has 0 saturated heterocycles. The van der Waals surface area contributed by atoms with Crippen molar-refractivity contribution >= 4 is 35.3 Å². The number of thiol groups is 1. The summed E-state index contributed by atoms with van der Waals surface area (Å²) >= 11 is 0. The molecule has 0 atom stereocenters. The topological polar surface area (TPSA) is 54.4 Å². The van der Waals surface area contributed by atoms with Crippen LogP contribution in [0.1, 0.15) is 22.3 Å². The summed E-state index contributed by atoms with van der Waals surface area (Å²) in [4.78, 5) is 0. The molecule has 0 heterocycles. The smallest absolute Gasteiger partial charge is 0.254 e. The molecule has 0 aliphatic rings. The van der Waals surface area contributed by atoms with E-state index in [1.165, 1.54) is 33.4 Å². The van der Waals surface area contributed by atoms with Gasteiger partial charge in [0.05, 0.1) is 0 Å². The van der Waals surface area contributed by atoms with E-state index in [1.54, 1.807) is 0 Å². The van der Waals surface area contributed by atoms with Crippen LogP contribution in [-0.2, 0) is 11.0 Å². The third kappa shape index (κ3) is 7.84. The largest absolute Gasteiger partial charge is 0.288 e. The Balaban J connectivity index is 0.000000668. The summed E-state index contributed by atoms with van der Waals surface area (Å²) in [6.07, 6.45) is 8.58. The molecule has 0 saturated carbocycles. The first-order valence-electron chi connectivity index (χ1n) is 10.1. The molecule has 4 heteroatoms. The summed E-state index contributed by atoms with van der Waals surface area (Å²) in [6, 6.07) is 38.1. The van der Waals surface area contributed by atoms with E-state index in [2.05, 4.69) is 121 Å². The van der Waals surface area contributed by atoms with E-state index in [1.807, 2.05) is 12.1 Å². The minimum atomic E-state index is -3.12. The Morgan fingerprint density at radius 2 is 0.688 bits per heavy atom. The normalized spacial score (nSPS) is 10.9. The summed E-state index contributed by atoms with van der Waals surface area (Å²) in [5.74, 6) is 0. The minimum absolute atomic E-state index is 1.20. The lowest BCUT2D eigenvalue weighted by Gasteiger charge is -2.03. The summed E-state index contributed by atoms with van der Waals surface area (Å²) in [5, 5.41) is 0. The van der Waals surface area contributed by atoms with Gasteiger partial charge in [0.15, 0.2) is 0 Å². The molecule has 0 spiro atoms. The summed E-state index contributed by atoms with van der Waals surface area (Å²) < 4.78 is 24.2. The van der Waals surface area contributed by atoms with Gasteiger partial charge in [0, 0.05) is 0 Å². The third-order valence-corrected chi connectivity index (χ3v) is 4.69. The van der Waals surface area contributed by atoms with E-state index < -0.39 is 11.0 Å². The van der Waals surface area contributed by atoms with Crippen LogP contribution in [0, 0.1) is 0 Å². The molecule has 0 aliphatic carbocycles. The van der Waals surface area contributed by atoms with Crippen LogP contribution in [0.2, 0.25) is 0 Å². The maximum Gasteiger partial charge on any atom is 0.254 e. The molecular weight excluding hydrogens is 416 g/mol. The van der Waals surface area contributed by atoms with Gasteiger partial charge in [-0.1, -0.05) is 133 Å². The first-order chi connectivity index (χ1) is 15.6. The Morgan fingerprint density at radius 3 is 0.969 bits per heavy atom. The molecule has 0 fully saturated rings. The van der Waals surface area contributed by atoms with Crippen LogP contribution in [0.3, 0.4) is 0 Å². The monoisotopic (exact) mass is 440 g/mol. The average Bonchev–Trinajstić information content (AvgIpc) is 2.83. The lowest BCUT2D eigenvalue weighted by molar-refractivity contribution is 0.509. The first-order valence-corrected chi connectivity index (χ1v) is 11.2. The molecule has 32 heavy (non-hydrogen) atoms. The van der Waals surface area contributed by atoms with Crippen molar-refractivity contribution in [2.75, 3.05) is 0 Å². The molecule has 1 N–H and O–H groups in total. The highest BCUT2D eigenvalue weighted by Crippen LogP contribution is 2.22. The third-order valence-electron chi connectivity index (χ3n) is 4.69. The molecule has 0 aromatic heterocycles. The number of rotatable bonds is 5. The Bertz CT molecular complexity index is 1120. The molecule has 160 valence electrons. The van der Waals surface area contributed by atoms with Gasteiger partial charge >= 0.3 is 0 Å². The molecule has 4 rings (SSSR count). The fourth-order valence-electron chi connectivity index (χ4n) is 3.09. The Kier molecular flexibility index (Phi) is 8.75. The van der Waals surface area contributed by atoms with E-state index in [0.29, 0.717) is 0 Å². The molecule has 0 amide bonds. The molecule has 4 aromatic rings. The lowest BCUT2D eigenvalue weighted by Crippen LogP contribution is -1.80. The van der Waals surface area contributed by atoms with Gasteiger partial charge in [-0.3, -0.25) is 4.55 Å². The van der Waals surface area contributed by atoms with Crippen LogP contribution in [0.15, 0.2) is 109 Å². The second kappa shape index (κ2) is 12.2. The predicted molar refractivity (Wildman–Crippen MR) is 136 cm³/mol. The molecule has 0 radical (unpaired) electrons. The summed E-state index contributed by atoms with van der Waals surface area (Å²) in [7, 11) is -3.12. The lowest BCUT2D eigenvalue weighted by atomic mass is 10.0. The van der Waals surface area contributed by atoms with Gasteiger partial charge in [-0.15, -0.1) is 0 Å². The van der Waals surface area contributed by atoms with Crippen molar-refractivity contribution < 1.29 is 13.0 Å². The highest BCUT2D eigenvalue weighted by Gasteiger charge is 1.98. The molecule has 0 unspecified atom stereocenters. The zero-order valence-electron chi connectivity index (χ0n) is 17.4. The van der Waals surface area contributed by atoms with Gasteiger partial charge in [0.2, 0.25) is 0 Å². The van der Waals surface area contributed by atoms with Crippen molar-refractivity contribution in [2.24, 2.45) is 0 Å². The zero-order valence-corrected chi connectivity index (χ0v) is 18.3. The summed E-state index contributed by atoms with van der Waals surface area (Å²) in [5.41, 5.74) is 7.30. The second-order valence-corrected chi connectivity index (χ2v) is 7.45. The van der Waals surface area contributed by atoms with Crippen LogP contribution >= 0.6 is 0 Å². The average molecular weight is 441 g/mol. The van der Waals surface area contributed by atoms with Crippen LogP contribution in [0.5, 0.6) is 0 Å². The van der Waals surface area contributed by atoms with E-state index in [4.69, 9.17) is 13.0 Å². The fraction of sp³-hybridized carbons (Fsp3) is 0. The van der Waals surface area contributed by atoms with E-state index in [9.17, 15) is 0 Å². The van der Waals surface area contributed by atoms with E-state index in [-0.39, 0.29) is 0 Å². The molecular formula is C28H24O3S. The second-order valence-electron chi connectivity index (χ2n) is 6.97. The molecule has 0 aliphatic heterocycles. The van der Waals surface area contributed by atoms with Crippen molar-refractivity contribution in [3.63, 3.8) is 0 Å². The van der Waals surface area contributed by atoms with Crippen molar-refractivity contribution in [1.29, 1.82) is 0 Å². The maximum absolute atomic E-state index is 8.59. The van der Waals surface area contributed by atoms with Gasteiger partial charge in [0.1, 0.15) is 0 Å². The highest BCUT2D eigenvalue weighted by molar-refractivity contribution is 7.66. The molecule has 3 nitrogen and oxygen atoms in total. The molecule has 0 bridgehead atoms. The zero-order chi connectivity index (χ0) is 22.6. The van der Waals surface area contributed by atoms with Crippen LogP contribution in [0.4, 0.5) is 0 Å². The van der Waals surface area contributed by atoms with E-state index >= 15 is 0 Å². The highest BCUT2D eigenvalue weighted by atomic mass is 32.2. The van der Waals surface area contributed by atoms with Crippen molar-refractivity contribution in [1.82, 2.24) is 0 Å². The van der Waals surface area contributed by atoms with E-state index in [0.717, 1.165) is 0 Å². The standard InChI is InChI=1S/C28H22.H2O3S/c1-3-7-23(8-4-1)11-13-25-15-19-27(20-16-25)28-21-17-26(18-22-28)14-12-24-9-5-2-6-10-24;1-4(2)3/h1-22H;4H,(H,1,2,3). The summed E-state index contributed by atoms with van der Waals surface area (Å²) in [6.45, 7) is 0. The van der Waals surface area contributed by atoms with Gasteiger partial charge in [-0.25, -0.2) is 8.42 Å². The van der Waals surface area contributed by atoms with Crippen LogP contribution in [0.25, 0.3) is 35.4 Å². The number of hydrogen-bond donors (Lipinski definition) is 2. The van der Waals surface area contributed by atoms with Crippen molar-refractivity contribution in [3.8, 4) is 11.1 Å². The Hall–Kier alpha value is -3.73. The molecule has 4 aromatic carbocycles. The first kappa shape index (κ1) is 22.9. The number of benzene rings is 4. The van der Waals surface area contributed by atoms with Gasteiger partial charge < -0.3 is 0 Å². The van der Waals surface area contributed by atoms with Crippen LogP contribution in [-0.4, -0.2) is 13.0 Å². The SMILES string of the molecule is C(=Cc1ccc(-c2ccc(C=Cc3ccccc3)cc2)cc1)c1ccccc1.O=[SH](=O)O. The fourth-order valence-corrected chi connectivity index (χ4v) is 3.09. The minimum Gasteiger partial charge on any atom is -0.288 e. The van der Waals surface area contributed by atoms with Gasteiger partial charge in [-0.05, 0) is 33.4 Å². The predicted octanol–water partition coefficient (Wildman–Crippen LogP) is 6.77. The van der Waals surface area contributed by atoms with Gasteiger partial charge in [0.25, 0.3) is 11.0 Å². The quantitative estimate of drug-likeness (QED) is 0.205. The maximum atomic E-state index is 8.59. The number of hydrogen-bond acceptors (Lipinski definition) is 2. The van der Waals surface area contributed by atoms with Crippen LogP contribution < -0.4 is 0 Å². The Morgan fingerprint density at radius 1 is 0.438 bits per heavy atom.